The lowest BCUT2D eigenvalue weighted by Gasteiger charge is -2.18. The Bertz CT molecular complexity index is 562. The van der Waals surface area contributed by atoms with Crippen molar-refractivity contribution < 1.29 is 4.39 Å². The Morgan fingerprint density at radius 2 is 2.05 bits per heavy atom. The number of rotatable bonds is 6. The van der Waals surface area contributed by atoms with Crippen molar-refractivity contribution >= 4 is 11.3 Å². The van der Waals surface area contributed by atoms with Gasteiger partial charge in [0.15, 0.2) is 0 Å². The second-order valence-electron chi connectivity index (χ2n) is 5.25. The molecule has 1 aromatic heterocycles. The van der Waals surface area contributed by atoms with Gasteiger partial charge in [0.2, 0.25) is 0 Å². The summed E-state index contributed by atoms with van der Waals surface area (Å²) in [5.74, 6) is -0.157. The molecule has 2 aromatic rings. The van der Waals surface area contributed by atoms with Gasteiger partial charge in [0.25, 0.3) is 0 Å². The topological polar surface area (TPSA) is 12.0 Å². The number of hydrogen-bond acceptors (Lipinski definition) is 2. The summed E-state index contributed by atoms with van der Waals surface area (Å²) in [6.07, 6.45) is 1.93. The minimum absolute atomic E-state index is 0.157. The lowest BCUT2D eigenvalue weighted by atomic mass is 10.0. The summed E-state index contributed by atoms with van der Waals surface area (Å²) in [6, 6.07) is 9.42. The van der Waals surface area contributed by atoms with E-state index in [0.29, 0.717) is 0 Å². The second kappa shape index (κ2) is 7.00. The normalized spacial score (nSPS) is 12.6. The van der Waals surface area contributed by atoms with E-state index in [1.165, 1.54) is 21.4 Å². The molecule has 1 heterocycles. The van der Waals surface area contributed by atoms with Gasteiger partial charge in [-0.1, -0.05) is 19.1 Å². The van der Waals surface area contributed by atoms with Crippen LogP contribution in [-0.4, -0.2) is 6.54 Å². The average Bonchev–Trinajstić information content (AvgIpc) is 2.73. The molecule has 0 aliphatic heterocycles. The number of halogens is 1. The third-order valence-corrected chi connectivity index (χ3v) is 4.63. The molecule has 0 aliphatic carbocycles. The Kier molecular flexibility index (Phi) is 5.32. The van der Waals surface area contributed by atoms with Gasteiger partial charge in [0.05, 0.1) is 0 Å². The van der Waals surface area contributed by atoms with Crippen molar-refractivity contribution in [2.24, 2.45) is 0 Å². The third kappa shape index (κ3) is 3.90. The molecule has 0 aliphatic rings. The summed E-state index contributed by atoms with van der Waals surface area (Å²) < 4.78 is 13.3. The molecule has 0 radical (unpaired) electrons. The first kappa shape index (κ1) is 15.2. The minimum Gasteiger partial charge on any atom is -0.309 e. The van der Waals surface area contributed by atoms with Crippen LogP contribution in [0.15, 0.2) is 30.3 Å². The van der Waals surface area contributed by atoms with Gasteiger partial charge in [-0.2, -0.15) is 0 Å². The smallest absolute Gasteiger partial charge is 0.123 e. The van der Waals surface area contributed by atoms with Crippen LogP contribution in [0.1, 0.15) is 40.3 Å². The molecule has 0 saturated heterocycles. The van der Waals surface area contributed by atoms with E-state index in [0.717, 1.165) is 24.9 Å². The van der Waals surface area contributed by atoms with Crippen LogP contribution in [0.3, 0.4) is 0 Å². The molecule has 0 bridgehead atoms. The van der Waals surface area contributed by atoms with E-state index in [1.807, 2.05) is 17.4 Å². The number of aryl methyl sites for hydroxylation is 2. The van der Waals surface area contributed by atoms with Crippen LogP contribution in [-0.2, 0) is 6.42 Å². The number of nitrogens with one attached hydrogen (secondary N) is 1. The van der Waals surface area contributed by atoms with Gasteiger partial charge >= 0.3 is 0 Å². The van der Waals surface area contributed by atoms with Crippen LogP contribution in [0.4, 0.5) is 4.39 Å². The van der Waals surface area contributed by atoms with E-state index in [2.05, 4.69) is 32.2 Å². The van der Waals surface area contributed by atoms with Gasteiger partial charge in [-0.25, -0.2) is 4.39 Å². The molecular formula is C17H22FNS. The van der Waals surface area contributed by atoms with E-state index in [-0.39, 0.29) is 11.9 Å². The van der Waals surface area contributed by atoms with Crippen molar-refractivity contribution in [3.05, 3.63) is 57.0 Å². The summed E-state index contributed by atoms with van der Waals surface area (Å²) in [5.41, 5.74) is 2.38. The molecule has 1 unspecified atom stereocenters. The number of benzene rings is 1. The zero-order chi connectivity index (χ0) is 14.5. The first-order chi connectivity index (χ1) is 9.60. The molecular weight excluding hydrogens is 269 g/mol. The van der Waals surface area contributed by atoms with Gasteiger partial charge in [0.1, 0.15) is 5.82 Å². The predicted molar refractivity (Wildman–Crippen MR) is 84.9 cm³/mol. The predicted octanol–water partition coefficient (Wildman–Crippen LogP) is 4.79. The van der Waals surface area contributed by atoms with Crippen LogP contribution in [0.2, 0.25) is 0 Å². The zero-order valence-corrected chi connectivity index (χ0v) is 13.2. The Morgan fingerprint density at radius 1 is 1.25 bits per heavy atom. The van der Waals surface area contributed by atoms with E-state index < -0.39 is 0 Å². The van der Waals surface area contributed by atoms with Gasteiger partial charge in [-0.3, -0.25) is 0 Å². The SMILES string of the molecule is CCCNC(Cc1cccc(F)c1)c1sc(C)cc1C. The molecule has 1 N–H and O–H groups in total. The lowest BCUT2D eigenvalue weighted by Crippen LogP contribution is -2.23. The van der Waals surface area contributed by atoms with E-state index >= 15 is 0 Å². The third-order valence-electron chi connectivity index (χ3n) is 3.37. The standard InChI is InChI=1S/C17H22FNS/c1-4-8-19-16(17-12(2)9-13(3)20-17)11-14-6-5-7-15(18)10-14/h5-7,9-10,16,19H,4,8,11H2,1-3H3. The number of thiophene rings is 1. The molecule has 1 atom stereocenters. The summed E-state index contributed by atoms with van der Waals surface area (Å²) in [6.45, 7) is 7.44. The Hall–Kier alpha value is -1.19. The van der Waals surface area contributed by atoms with Crippen LogP contribution in [0.5, 0.6) is 0 Å². The van der Waals surface area contributed by atoms with Crippen molar-refractivity contribution in [2.45, 2.75) is 39.7 Å². The van der Waals surface area contributed by atoms with Gasteiger partial charge in [0, 0.05) is 15.8 Å². The molecule has 1 nitrogen and oxygen atoms in total. The summed E-state index contributed by atoms with van der Waals surface area (Å²) >= 11 is 1.84. The molecule has 0 spiro atoms. The Balaban J connectivity index is 2.21. The van der Waals surface area contributed by atoms with Gasteiger partial charge in [-0.15, -0.1) is 11.3 Å². The molecule has 108 valence electrons. The van der Waals surface area contributed by atoms with Crippen molar-refractivity contribution in [3.8, 4) is 0 Å². The maximum Gasteiger partial charge on any atom is 0.123 e. The second-order valence-corrected chi connectivity index (χ2v) is 6.53. The first-order valence-corrected chi connectivity index (χ1v) is 7.96. The van der Waals surface area contributed by atoms with E-state index in [9.17, 15) is 4.39 Å². The molecule has 0 fully saturated rings. The van der Waals surface area contributed by atoms with E-state index in [1.54, 1.807) is 12.1 Å². The molecule has 3 heteroatoms. The summed E-state index contributed by atoms with van der Waals surface area (Å²) in [7, 11) is 0. The van der Waals surface area contributed by atoms with Crippen LogP contribution in [0, 0.1) is 19.7 Å². The first-order valence-electron chi connectivity index (χ1n) is 7.15. The minimum atomic E-state index is -0.157. The molecule has 0 amide bonds. The van der Waals surface area contributed by atoms with Gasteiger partial charge < -0.3 is 5.32 Å². The number of hydrogen-bond donors (Lipinski definition) is 1. The fourth-order valence-corrected chi connectivity index (χ4v) is 3.59. The maximum atomic E-state index is 13.3. The van der Waals surface area contributed by atoms with Crippen LogP contribution in [0.25, 0.3) is 0 Å². The summed E-state index contributed by atoms with van der Waals surface area (Å²) in [4.78, 5) is 2.71. The van der Waals surface area contributed by atoms with E-state index in [4.69, 9.17) is 0 Å². The highest BCUT2D eigenvalue weighted by molar-refractivity contribution is 7.12. The maximum absolute atomic E-state index is 13.3. The highest BCUT2D eigenvalue weighted by atomic mass is 32.1. The molecule has 20 heavy (non-hydrogen) atoms. The Labute approximate surface area is 124 Å². The fourth-order valence-electron chi connectivity index (χ4n) is 2.48. The summed E-state index contributed by atoms with van der Waals surface area (Å²) in [5, 5.41) is 3.60. The Morgan fingerprint density at radius 3 is 2.65 bits per heavy atom. The zero-order valence-electron chi connectivity index (χ0n) is 12.4. The lowest BCUT2D eigenvalue weighted by molar-refractivity contribution is 0.532. The van der Waals surface area contributed by atoms with Crippen LogP contribution < -0.4 is 5.32 Å². The van der Waals surface area contributed by atoms with Crippen molar-refractivity contribution in [1.29, 1.82) is 0 Å². The largest absolute Gasteiger partial charge is 0.309 e. The van der Waals surface area contributed by atoms with Crippen molar-refractivity contribution in [2.75, 3.05) is 6.54 Å². The highest BCUT2D eigenvalue weighted by Crippen LogP contribution is 2.30. The van der Waals surface area contributed by atoms with Crippen molar-refractivity contribution in [1.82, 2.24) is 5.32 Å². The van der Waals surface area contributed by atoms with Crippen LogP contribution >= 0.6 is 11.3 Å². The van der Waals surface area contributed by atoms with Gasteiger partial charge in [-0.05, 0) is 62.6 Å². The monoisotopic (exact) mass is 291 g/mol. The quantitative estimate of drug-likeness (QED) is 0.807. The molecule has 0 saturated carbocycles. The molecule has 2 rings (SSSR count). The average molecular weight is 291 g/mol. The fraction of sp³-hybridized carbons (Fsp3) is 0.412. The molecule has 1 aromatic carbocycles. The highest BCUT2D eigenvalue weighted by Gasteiger charge is 2.16. The van der Waals surface area contributed by atoms with Crippen molar-refractivity contribution in [3.63, 3.8) is 0 Å².